The number of anilines is 1. The number of carbonyl (C=O) groups excluding carboxylic acids is 1. The lowest BCUT2D eigenvalue weighted by molar-refractivity contribution is 0.0458. The third-order valence-corrected chi connectivity index (χ3v) is 4.81. The lowest BCUT2D eigenvalue weighted by Gasteiger charge is -2.32. The van der Waals surface area contributed by atoms with E-state index in [1.165, 1.54) is 12.1 Å². The third kappa shape index (κ3) is 3.72. The average Bonchev–Trinajstić information content (AvgIpc) is 2.98. The average molecular weight is 360 g/mol. The maximum absolute atomic E-state index is 13.3. The van der Waals surface area contributed by atoms with Crippen LogP contribution in [0, 0.1) is 5.82 Å². The Hall–Kier alpha value is -2.41. The molecule has 1 atom stereocenters. The summed E-state index contributed by atoms with van der Waals surface area (Å²) in [7, 11) is 3.48. The molecule has 6 nitrogen and oxygen atoms in total. The van der Waals surface area contributed by atoms with Crippen molar-refractivity contribution in [2.75, 3.05) is 25.5 Å². The molecule has 2 heterocycles. The Morgan fingerprint density at radius 2 is 2.12 bits per heavy atom. The molecule has 1 fully saturated rings. The fraction of sp³-hybridized carbons (Fsp3) is 0.474. The van der Waals surface area contributed by atoms with E-state index in [1.807, 2.05) is 6.92 Å². The van der Waals surface area contributed by atoms with Crippen LogP contribution in [0.1, 0.15) is 25.5 Å². The van der Waals surface area contributed by atoms with Crippen LogP contribution in [0.3, 0.4) is 0 Å². The minimum atomic E-state index is -0.291. The molecule has 2 amide bonds. The largest absolute Gasteiger partial charge is 0.380 e. The standard InChI is InChI=1S/C19H25FN4O2/c1-4-16-17(13-7-9-14(20)10-8-13)18(23(2)22-16)21-19(25)24-11-5-6-15(12-24)26-3/h7-10,15H,4-6,11-12H2,1-3H3,(H,21,25). The monoisotopic (exact) mass is 360 g/mol. The second kappa shape index (κ2) is 7.86. The van der Waals surface area contributed by atoms with Gasteiger partial charge in [-0.3, -0.25) is 10.00 Å². The molecule has 0 spiro atoms. The quantitative estimate of drug-likeness (QED) is 0.909. The Morgan fingerprint density at radius 1 is 1.38 bits per heavy atom. The highest BCUT2D eigenvalue weighted by molar-refractivity contribution is 5.94. The van der Waals surface area contributed by atoms with Crippen LogP contribution in [-0.4, -0.2) is 47.0 Å². The van der Waals surface area contributed by atoms with Gasteiger partial charge in [0.05, 0.1) is 11.8 Å². The van der Waals surface area contributed by atoms with Gasteiger partial charge in [0.25, 0.3) is 0 Å². The van der Waals surface area contributed by atoms with Crippen LogP contribution in [-0.2, 0) is 18.2 Å². The molecule has 26 heavy (non-hydrogen) atoms. The molecule has 140 valence electrons. The number of nitrogens with zero attached hydrogens (tertiary/aromatic N) is 3. The number of rotatable bonds is 4. The lowest BCUT2D eigenvalue weighted by atomic mass is 10.0. The van der Waals surface area contributed by atoms with E-state index >= 15 is 0 Å². The van der Waals surface area contributed by atoms with Crippen LogP contribution in [0.25, 0.3) is 11.1 Å². The van der Waals surface area contributed by atoms with E-state index in [4.69, 9.17) is 4.74 Å². The van der Waals surface area contributed by atoms with E-state index in [2.05, 4.69) is 10.4 Å². The van der Waals surface area contributed by atoms with Crippen molar-refractivity contribution < 1.29 is 13.9 Å². The van der Waals surface area contributed by atoms with E-state index in [-0.39, 0.29) is 18.0 Å². The molecular weight excluding hydrogens is 335 g/mol. The summed E-state index contributed by atoms with van der Waals surface area (Å²) in [6.07, 6.45) is 2.67. The van der Waals surface area contributed by atoms with Gasteiger partial charge in [-0.2, -0.15) is 5.10 Å². The van der Waals surface area contributed by atoms with Crippen molar-refractivity contribution in [2.45, 2.75) is 32.3 Å². The maximum Gasteiger partial charge on any atom is 0.323 e. The van der Waals surface area contributed by atoms with Gasteiger partial charge in [0.15, 0.2) is 0 Å². The van der Waals surface area contributed by atoms with Crippen molar-refractivity contribution >= 4 is 11.8 Å². The van der Waals surface area contributed by atoms with Gasteiger partial charge < -0.3 is 9.64 Å². The summed E-state index contributed by atoms with van der Waals surface area (Å²) >= 11 is 0. The third-order valence-electron chi connectivity index (χ3n) is 4.81. The highest BCUT2D eigenvalue weighted by Crippen LogP contribution is 2.32. The molecule has 2 aromatic rings. The van der Waals surface area contributed by atoms with Crippen molar-refractivity contribution in [2.24, 2.45) is 7.05 Å². The summed E-state index contributed by atoms with van der Waals surface area (Å²) in [5.41, 5.74) is 2.53. The predicted octanol–water partition coefficient (Wildman–Crippen LogP) is 3.43. The van der Waals surface area contributed by atoms with E-state index in [0.29, 0.717) is 25.3 Å². The number of carbonyl (C=O) groups is 1. The van der Waals surface area contributed by atoms with Crippen molar-refractivity contribution in [1.82, 2.24) is 14.7 Å². The molecule has 1 aliphatic heterocycles. The second-order valence-electron chi connectivity index (χ2n) is 6.53. The van der Waals surface area contributed by atoms with E-state index in [9.17, 15) is 9.18 Å². The van der Waals surface area contributed by atoms with Gasteiger partial charge in [-0.1, -0.05) is 19.1 Å². The topological polar surface area (TPSA) is 59.4 Å². The summed E-state index contributed by atoms with van der Waals surface area (Å²) in [5.74, 6) is 0.332. The normalized spacial score (nSPS) is 17.4. The first kappa shape index (κ1) is 18.4. The molecule has 0 radical (unpaired) electrons. The molecule has 0 bridgehead atoms. The summed E-state index contributed by atoms with van der Waals surface area (Å²) < 4.78 is 20.4. The summed E-state index contributed by atoms with van der Waals surface area (Å²) in [5, 5.41) is 7.52. The summed E-state index contributed by atoms with van der Waals surface area (Å²) in [6, 6.07) is 6.09. The number of aryl methyl sites for hydroxylation is 2. The number of piperidine rings is 1. The number of urea groups is 1. The number of amides is 2. The van der Waals surface area contributed by atoms with Crippen molar-refractivity contribution in [1.29, 1.82) is 0 Å². The molecule has 1 aromatic heterocycles. The Balaban J connectivity index is 1.88. The molecule has 0 aliphatic carbocycles. The van der Waals surface area contributed by atoms with E-state index in [1.54, 1.807) is 35.9 Å². The SMILES string of the molecule is CCc1nn(C)c(NC(=O)N2CCCC(OC)C2)c1-c1ccc(F)cc1. The van der Waals surface area contributed by atoms with Gasteiger partial charge >= 0.3 is 6.03 Å². The van der Waals surface area contributed by atoms with Gasteiger partial charge in [-0.15, -0.1) is 0 Å². The van der Waals surface area contributed by atoms with Gasteiger partial charge in [0.2, 0.25) is 0 Å². The Labute approximate surface area is 152 Å². The summed E-state index contributed by atoms with van der Waals surface area (Å²) in [6.45, 7) is 3.29. The zero-order valence-electron chi connectivity index (χ0n) is 15.5. The number of ether oxygens (including phenoxy) is 1. The van der Waals surface area contributed by atoms with Crippen LogP contribution in [0.15, 0.2) is 24.3 Å². The first-order valence-electron chi connectivity index (χ1n) is 8.94. The Bertz CT molecular complexity index is 773. The number of halogens is 1. The van der Waals surface area contributed by atoms with Crippen molar-refractivity contribution in [3.63, 3.8) is 0 Å². The molecule has 7 heteroatoms. The zero-order chi connectivity index (χ0) is 18.7. The number of likely N-dealkylation sites (tertiary alicyclic amines) is 1. The highest BCUT2D eigenvalue weighted by Gasteiger charge is 2.26. The van der Waals surface area contributed by atoms with Crippen LogP contribution in [0.4, 0.5) is 15.0 Å². The fourth-order valence-electron chi connectivity index (χ4n) is 3.39. The second-order valence-corrected chi connectivity index (χ2v) is 6.53. The highest BCUT2D eigenvalue weighted by atomic mass is 19.1. The molecule has 1 aromatic carbocycles. The Kier molecular flexibility index (Phi) is 5.56. The minimum Gasteiger partial charge on any atom is -0.380 e. The number of hydrogen-bond donors (Lipinski definition) is 1. The summed E-state index contributed by atoms with van der Waals surface area (Å²) in [4.78, 5) is 14.5. The molecule has 1 aliphatic rings. The van der Waals surface area contributed by atoms with Crippen LogP contribution in [0.5, 0.6) is 0 Å². The Morgan fingerprint density at radius 3 is 2.77 bits per heavy atom. The fourth-order valence-corrected chi connectivity index (χ4v) is 3.39. The van der Waals surface area contributed by atoms with E-state index in [0.717, 1.165) is 29.7 Å². The molecule has 1 N–H and O–H groups in total. The zero-order valence-corrected chi connectivity index (χ0v) is 15.5. The van der Waals surface area contributed by atoms with Gasteiger partial charge in [-0.05, 0) is 37.0 Å². The smallest absolute Gasteiger partial charge is 0.323 e. The predicted molar refractivity (Wildman–Crippen MR) is 98.6 cm³/mol. The van der Waals surface area contributed by atoms with Crippen LogP contribution in [0.2, 0.25) is 0 Å². The van der Waals surface area contributed by atoms with Gasteiger partial charge in [0, 0.05) is 32.8 Å². The molecule has 0 saturated carbocycles. The van der Waals surface area contributed by atoms with E-state index < -0.39 is 0 Å². The van der Waals surface area contributed by atoms with Gasteiger partial charge in [-0.25, -0.2) is 9.18 Å². The number of nitrogens with one attached hydrogen (secondary N) is 1. The number of hydrogen-bond acceptors (Lipinski definition) is 3. The minimum absolute atomic E-state index is 0.0730. The number of aromatic nitrogens is 2. The molecular formula is C19H25FN4O2. The van der Waals surface area contributed by atoms with Crippen molar-refractivity contribution in [3.05, 3.63) is 35.8 Å². The first-order chi connectivity index (χ1) is 12.5. The van der Waals surface area contributed by atoms with Crippen LogP contribution < -0.4 is 5.32 Å². The first-order valence-corrected chi connectivity index (χ1v) is 8.94. The molecule has 3 rings (SSSR count). The number of methoxy groups -OCH3 is 1. The molecule has 1 saturated heterocycles. The van der Waals surface area contributed by atoms with Crippen molar-refractivity contribution in [3.8, 4) is 11.1 Å². The lowest BCUT2D eigenvalue weighted by Crippen LogP contribution is -2.45. The van der Waals surface area contributed by atoms with Crippen LogP contribution >= 0.6 is 0 Å². The number of benzene rings is 1. The molecule has 1 unspecified atom stereocenters. The van der Waals surface area contributed by atoms with Gasteiger partial charge in [0.1, 0.15) is 11.6 Å². The maximum atomic E-state index is 13.3.